The molecule has 102 valence electrons. The van der Waals surface area contributed by atoms with E-state index in [9.17, 15) is 4.79 Å². The van der Waals surface area contributed by atoms with E-state index < -0.39 is 0 Å². The Kier molecular flexibility index (Phi) is 3.75. The predicted octanol–water partition coefficient (Wildman–Crippen LogP) is 3.70. The van der Waals surface area contributed by atoms with Gasteiger partial charge in [0.25, 0.3) is 0 Å². The van der Waals surface area contributed by atoms with Gasteiger partial charge in [0.2, 0.25) is 0 Å². The van der Waals surface area contributed by atoms with Gasteiger partial charge in [-0.05, 0) is 29.7 Å². The normalized spacial score (nSPS) is 17.1. The third-order valence-electron chi connectivity index (χ3n) is 3.66. The number of Topliss-reactive ketones (excluding diaryl/α,β-unsaturated/α-hetero) is 1. The molecule has 1 aliphatic heterocycles. The first-order valence-corrected chi connectivity index (χ1v) is 7.08. The van der Waals surface area contributed by atoms with E-state index in [1.807, 2.05) is 48.5 Å². The summed E-state index contributed by atoms with van der Waals surface area (Å²) < 4.78 is 5.67. The van der Waals surface area contributed by atoms with Crippen molar-refractivity contribution in [2.24, 2.45) is 5.92 Å². The smallest absolute Gasteiger partial charge is 0.144 e. The third kappa shape index (κ3) is 2.70. The number of hydrogen-bond acceptors (Lipinski definition) is 2. The van der Waals surface area contributed by atoms with Crippen LogP contribution < -0.4 is 4.74 Å². The Morgan fingerprint density at radius 2 is 1.90 bits per heavy atom. The van der Waals surface area contributed by atoms with Crippen molar-refractivity contribution in [3.63, 3.8) is 0 Å². The Morgan fingerprint density at radius 1 is 1.15 bits per heavy atom. The molecule has 0 aliphatic carbocycles. The SMILES string of the molecule is O=C(Cc1ccccc1Cl)C1COc2ccccc2C1. The van der Waals surface area contributed by atoms with E-state index in [4.69, 9.17) is 16.3 Å². The Morgan fingerprint density at radius 3 is 2.75 bits per heavy atom. The fraction of sp³-hybridized carbons (Fsp3) is 0.235. The number of hydrogen-bond donors (Lipinski definition) is 0. The van der Waals surface area contributed by atoms with Gasteiger partial charge in [-0.3, -0.25) is 4.79 Å². The van der Waals surface area contributed by atoms with Crippen molar-refractivity contribution in [2.45, 2.75) is 12.8 Å². The fourth-order valence-electron chi connectivity index (χ4n) is 2.51. The summed E-state index contributed by atoms with van der Waals surface area (Å²) in [4.78, 5) is 12.4. The molecule has 2 nitrogen and oxygen atoms in total. The zero-order valence-corrected chi connectivity index (χ0v) is 11.8. The van der Waals surface area contributed by atoms with Gasteiger partial charge in [-0.2, -0.15) is 0 Å². The maximum atomic E-state index is 12.4. The van der Waals surface area contributed by atoms with Gasteiger partial charge in [0.1, 0.15) is 11.5 Å². The Balaban J connectivity index is 1.72. The number of ether oxygens (including phenoxy) is 1. The van der Waals surface area contributed by atoms with Crippen LogP contribution in [0.5, 0.6) is 5.75 Å². The zero-order valence-electron chi connectivity index (χ0n) is 11.0. The Bertz CT molecular complexity index is 636. The van der Waals surface area contributed by atoms with E-state index >= 15 is 0 Å². The van der Waals surface area contributed by atoms with Gasteiger partial charge < -0.3 is 4.74 Å². The van der Waals surface area contributed by atoms with Crippen LogP contribution in [0.1, 0.15) is 11.1 Å². The lowest BCUT2D eigenvalue weighted by Crippen LogP contribution is -2.29. The first kappa shape index (κ1) is 13.2. The molecule has 1 unspecified atom stereocenters. The lowest BCUT2D eigenvalue weighted by Gasteiger charge is -2.24. The van der Waals surface area contributed by atoms with Crippen LogP contribution in [0.2, 0.25) is 5.02 Å². The number of rotatable bonds is 3. The first-order chi connectivity index (χ1) is 9.74. The molecule has 0 saturated heterocycles. The van der Waals surface area contributed by atoms with Crippen molar-refractivity contribution in [3.05, 3.63) is 64.7 Å². The monoisotopic (exact) mass is 286 g/mol. The summed E-state index contributed by atoms with van der Waals surface area (Å²) in [5, 5.41) is 0.651. The minimum Gasteiger partial charge on any atom is -0.493 e. The van der Waals surface area contributed by atoms with Crippen LogP contribution in [-0.4, -0.2) is 12.4 Å². The van der Waals surface area contributed by atoms with Gasteiger partial charge in [-0.1, -0.05) is 48.0 Å². The average Bonchev–Trinajstić information content (AvgIpc) is 2.49. The lowest BCUT2D eigenvalue weighted by molar-refractivity contribution is -0.123. The van der Waals surface area contributed by atoms with Crippen LogP contribution in [0.25, 0.3) is 0 Å². The molecule has 1 heterocycles. The molecule has 2 aromatic rings. The fourth-order valence-corrected chi connectivity index (χ4v) is 2.71. The Labute approximate surface area is 123 Å². The lowest BCUT2D eigenvalue weighted by atomic mass is 9.90. The van der Waals surface area contributed by atoms with Gasteiger partial charge in [-0.15, -0.1) is 0 Å². The molecule has 2 aromatic carbocycles. The van der Waals surface area contributed by atoms with E-state index in [-0.39, 0.29) is 11.7 Å². The maximum Gasteiger partial charge on any atom is 0.144 e. The van der Waals surface area contributed by atoms with E-state index in [0.717, 1.165) is 23.3 Å². The molecule has 0 spiro atoms. The summed E-state index contributed by atoms with van der Waals surface area (Å²) >= 11 is 6.10. The minimum atomic E-state index is -0.0822. The van der Waals surface area contributed by atoms with Gasteiger partial charge in [0, 0.05) is 11.4 Å². The molecule has 0 aromatic heterocycles. The van der Waals surface area contributed by atoms with Gasteiger partial charge in [0.05, 0.1) is 12.5 Å². The minimum absolute atomic E-state index is 0.0822. The summed E-state index contributed by atoms with van der Waals surface area (Å²) in [5.41, 5.74) is 1.99. The molecule has 20 heavy (non-hydrogen) atoms. The Hall–Kier alpha value is -1.80. The summed E-state index contributed by atoms with van der Waals surface area (Å²) in [7, 11) is 0. The third-order valence-corrected chi connectivity index (χ3v) is 4.03. The van der Waals surface area contributed by atoms with Crippen molar-refractivity contribution in [2.75, 3.05) is 6.61 Å². The number of carbonyl (C=O) groups excluding carboxylic acids is 1. The number of carbonyl (C=O) groups is 1. The van der Waals surface area contributed by atoms with Crippen LogP contribution in [-0.2, 0) is 17.6 Å². The highest BCUT2D eigenvalue weighted by molar-refractivity contribution is 6.31. The van der Waals surface area contributed by atoms with Crippen molar-refractivity contribution < 1.29 is 9.53 Å². The number of halogens is 1. The summed E-state index contributed by atoms with van der Waals surface area (Å²) in [5.74, 6) is 1.00. The molecule has 1 atom stereocenters. The maximum absolute atomic E-state index is 12.4. The average molecular weight is 287 g/mol. The van der Waals surface area contributed by atoms with E-state index in [1.165, 1.54) is 0 Å². The second-order valence-electron chi connectivity index (χ2n) is 5.05. The molecule has 0 N–H and O–H groups in total. The molecule has 0 fully saturated rings. The van der Waals surface area contributed by atoms with Crippen LogP contribution in [0.4, 0.5) is 0 Å². The molecular formula is C17H15ClO2. The van der Waals surface area contributed by atoms with Gasteiger partial charge in [-0.25, -0.2) is 0 Å². The van der Waals surface area contributed by atoms with Crippen LogP contribution >= 0.6 is 11.6 Å². The molecular weight excluding hydrogens is 272 g/mol. The molecule has 3 rings (SSSR count). The van der Waals surface area contributed by atoms with Crippen molar-refractivity contribution in [1.29, 1.82) is 0 Å². The van der Waals surface area contributed by atoms with Crippen LogP contribution in [0.3, 0.4) is 0 Å². The van der Waals surface area contributed by atoms with Crippen molar-refractivity contribution >= 4 is 17.4 Å². The van der Waals surface area contributed by atoms with Crippen LogP contribution in [0.15, 0.2) is 48.5 Å². The van der Waals surface area contributed by atoms with Crippen molar-refractivity contribution in [3.8, 4) is 5.75 Å². The molecule has 1 aliphatic rings. The highest BCUT2D eigenvalue weighted by Crippen LogP contribution is 2.28. The summed E-state index contributed by atoms with van der Waals surface area (Å²) in [6.45, 7) is 0.459. The topological polar surface area (TPSA) is 26.3 Å². The summed E-state index contributed by atoms with van der Waals surface area (Å²) in [6.07, 6.45) is 1.12. The van der Waals surface area contributed by atoms with E-state index in [0.29, 0.717) is 18.1 Å². The second-order valence-corrected chi connectivity index (χ2v) is 5.46. The molecule has 0 bridgehead atoms. The number of para-hydroxylation sites is 1. The van der Waals surface area contributed by atoms with Gasteiger partial charge >= 0.3 is 0 Å². The zero-order chi connectivity index (χ0) is 13.9. The van der Waals surface area contributed by atoms with E-state index in [2.05, 4.69) is 0 Å². The number of benzene rings is 2. The van der Waals surface area contributed by atoms with Crippen LogP contribution in [0, 0.1) is 5.92 Å². The first-order valence-electron chi connectivity index (χ1n) is 6.71. The molecule has 3 heteroatoms. The predicted molar refractivity (Wildman–Crippen MR) is 79.3 cm³/mol. The number of ketones is 1. The molecule has 0 saturated carbocycles. The highest BCUT2D eigenvalue weighted by atomic mass is 35.5. The van der Waals surface area contributed by atoms with Gasteiger partial charge in [0.15, 0.2) is 0 Å². The number of fused-ring (bicyclic) bond motifs is 1. The molecule has 0 radical (unpaired) electrons. The molecule has 0 amide bonds. The summed E-state index contributed by atoms with van der Waals surface area (Å²) in [6, 6.07) is 15.4. The standard InChI is InChI=1S/C17H15ClO2/c18-15-7-3-1-5-12(15)10-16(19)14-9-13-6-2-4-8-17(13)20-11-14/h1-8,14H,9-11H2. The largest absolute Gasteiger partial charge is 0.493 e. The van der Waals surface area contributed by atoms with Crippen molar-refractivity contribution in [1.82, 2.24) is 0 Å². The highest BCUT2D eigenvalue weighted by Gasteiger charge is 2.25. The van der Waals surface area contributed by atoms with E-state index in [1.54, 1.807) is 0 Å². The quantitative estimate of drug-likeness (QED) is 0.860. The second kappa shape index (κ2) is 5.68.